The van der Waals surface area contributed by atoms with Crippen molar-refractivity contribution in [3.8, 4) is 0 Å². The van der Waals surface area contributed by atoms with E-state index in [1.807, 2.05) is 0 Å². The van der Waals surface area contributed by atoms with Crippen LogP contribution in [0.5, 0.6) is 0 Å². The van der Waals surface area contributed by atoms with Crippen molar-refractivity contribution in [2.24, 2.45) is 11.8 Å². The molecule has 2 unspecified atom stereocenters. The van der Waals surface area contributed by atoms with Crippen LogP contribution in [0, 0.1) is 11.8 Å². The normalized spacial score (nSPS) is 25.1. The van der Waals surface area contributed by atoms with Crippen LogP contribution >= 0.6 is 0 Å². The van der Waals surface area contributed by atoms with E-state index in [9.17, 15) is 0 Å². The molecule has 0 nitrogen and oxygen atoms in total. The van der Waals surface area contributed by atoms with Crippen molar-refractivity contribution in [3.05, 3.63) is 0 Å². The van der Waals surface area contributed by atoms with Crippen LogP contribution in [0.3, 0.4) is 0 Å². The summed E-state index contributed by atoms with van der Waals surface area (Å²) in [6.07, 6.45) is 4.11. The lowest BCUT2D eigenvalue weighted by molar-refractivity contribution is 0.834. The monoisotopic (exact) mass is 160 g/mol. The van der Waals surface area contributed by atoms with Gasteiger partial charge in [-0.05, 0) is 18.3 Å². The van der Waals surface area contributed by atoms with Crippen molar-refractivity contribution >= 4 is 0 Å². The first-order chi connectivity index (χ1) is 4.22. The smallest absolute Gasteiger partial charge is 0.0414 e. The Labute approximate surface area is 74.4 Å². The summed E-state index contributed by atoms with van der Waals surface area (Å²) in [6, 6.07) is 0. The second kappa shape index (κ2) is 10.0. The van der Waals surface area contributed by atoms with Crippen molar-refractivity contribution in [3.63, 3.8) is 0 Å². The lowest BCUT2D eigenvalue weighted by Crippen LogP contribution is -1.58. The Hall–Kier alpha value is 0. The van der Waals surface area contributed by atoms with Gasteiger partial charge in [-0.2, -0.15) is 0 Å². The third-order valence-corrected chi connectivity index (χ3v) is 2.01. The number of rotatable bonds is 1. The zero-order valence-electron chi connectivity index (χ0n) is 7.28. The van der Waals surface area contributed by atoms with Gasteiger partial charge in [0.2, 0.25) is 0 Å². The molecular formula is C11H28. The van der Waals surface area contributed by atoms with Gasteiger partial charge in [-0.15, -0.1) is 0 Å². The summed E-state index contributed by atoms with van der Waals surface area (Å²) in [7, 11) is 0. The SMILES string of the molecule is C.C.CC1CC1C.CCCC. The van der Waals surface area contributed by atoms with Gasteiger partial charge in [0.1, 0.15) is 0 Å². The van der Waals surface area contributed by atoms with Gasteiger partial charge in [-0.25, -0.2) is 0 Å². The highest BCUT2D eigenvalue weighted by Gasteiger charge is 2.26. The molecule has 0 heteroatoms. The zero-order valence-corrected chi connectivity index (χ0v) is 7.28. The van der Waals surface area contributed by atoms with Crippen LogP contribution < -0.4 is 0 Å². The molecule has 0 radical (unpaired) electrons. The molecule has 0 heterocycles. The molecule has 0 aliphatic heterocycles. The van der Waals surface area contributed by atoms with E-state index in [0.717, 1.165) is 11.8 Å². The maximum absolute atomic E-state index is 2.30. The Bertz CT molecular complexity index is 49.1. The Balaban J connectivity index is -0.000000101. The van der Waals surface area contributed by atoms with Gasteiger partial charge in [0.15, 0.2) is 0 Å². The van der Waals surface area contributed by atoms with E-state index in [0.29, 0.717) is 0 Å². The highest BCUT2D eigenvalue weighted by Crippen LogP contribution is 2.36. The Morgan fingerprint density at radius 1 is 0.909 bits per heavy atom. The summed E-state index contributed by atoms with van der Waals surface area (Å²) in [4.78, 5) is 0. The van der Waals surface area contributed by atoms with Crippen LogP contribution in [0.4, 0.5) is 0 Å². The molecule has 0 aromatic rings. The Morgan fingerprint density at radius 3 is 1.09 bits per heavy atom. The highest BCUT2D eigenvalue weighted by molar-refractivity contribution is 4.76. The van der Waals surface area contributed by atoms with Crippen LogP contribution in [0.2, 0.25) is 0 Å². The first kappa shape index (κ1) is 17.2. The molecule has 0 amide bonds. The molecule has 1 aliphatic carbocycles. The zero-order chi connectivity index (χ0) is 7.28. The molecule has 0 spiro atoms. The summed E-state index contributed by atoms with van der Waals surface area (Å²) in [5.74, 6) is 2.10. The lowest BCUT2D eigenvalue weighted by atomic mass is 10.4. The van der Waals surface area contributed by atoms with E-state index < -0.39 is 0 Å². The van der Waals surface area contributed by atoms with Gasteiger partial charge in [0.25, 0.3) is 0 Å². The minimum absolute atomic E-state index is 0. The maximum atomic E-state index is 2.30. The fraction of sp³-hybridized carbons (Fsp3) is 1.00. The van der Waals surface area contributed by atoms with Gasteiger partial charge in [-0.3, -0.25) is 0 Å². The van der Waals surface area contributed by atoms with Crippen molar-refractivity contribution in [2.45, 2.75) is 61.8 Å². The van der Waals surface area contributed by atoms with E-state index in [1.165, 1.54) is 19.3 Å². The topological polar surface area (TPSA) is 0 Å². The predicted molar refractivity (Wildman–Crippen MR) is 57.0 cm³/mol. The first-order valence-electron chi connectivity index (χ1n) is 4.22. The van der Waals surface area contributed by atoms with Crippen LogP contribution in [-0.2, 0) is 0 Å². The van der Waals surface area contributed by atoms with Crippen LogP contribution in [0.1, 0.15) is 61.8 Å². The minimum Gasteiger partial charge on any atom is -0.0776 e. The van der Waals surface area contributed by atoms with Crippen molar-refractivity contribution < 1.29 is 0 Å². The molecule has 0 N–H and O–H groups in total. The van der Waals surface area contributed by atoms with E-state index >= 15 is 0 Å². The molecule has 1 aliphatic rings. The van der Waals surface area contributed by atoms with E-state index in [2.05, 4.69) is 27.7 Å². The largest absolute Gasteiger partial charge is 0.0776 e. The summed E-state index contributed by atoms with van der Waals surface area (Å²) >= 11 is 0. The summed E-state index contributed by atoms with van der Waals surface area (Å²) in [5.41, 5.74) is 0. The van der Waals surface area contributed by atoms with Crippen LogP contribution in [0.15, 0.2) is 0 Å². The van der Waals surface area contributed by atoms with Crippen molar-refractivity contribution in [1.29, 1.82) is 0 Å². The van der Waals surface area contributed by atoms with Crippen molar-refractivity contribution in [1.82, 2.24) is 0 Å². The Kier molecular flexibility index (Phi) is 15.6. The summed E-state index contributed by atoms with van der Waals surface area (Å²) < 4.78 is 0. The standard InChI is InChI=1S/C5H10.C4H10.2CH4/c1-4-3-5(4)2;1-3-4-2;;/h4-5H,3H2,1-2H3;3-4H2,1-2H3;2*1H4. The van der Waals surface area contributed by atoms with Gasteiger partial charge in [0, 0.05) is 0 Å². The van der Waals surface area contributed by atoms with Crippen LogP contribution in [-0.4, -0.2) is 0 Å². The molecule has 72 valence electrons. The molecule has 1 rings (SSSR count). The molecule has 2 atom stereocenters. The predicted octanol–water partition coefficient (Wildman–Crippen LogP) is 4.74. The molecule has 0 bridgehead atoms. The van der Waals surface area contributed by atoms with Crippen LogP contribution in [0.25, 0.3) is 0 Å². The molecular weight excluding hydrogens is 132 g/mol. The van der Waals surface area contributed by atoms with Gasteiger partial charge in [0.05, 0.1) is 0 Å². The summed E-state index contributed by atoms with van der Waals surface area (Å²) in [6.45, 7) is 8.95. The maximum Gasteiger partial charge on any atom is -0.0414 e. The number of unbranched alkanes of at least 4 members (excludes halogenated alkanes) is 1. The minimum atomic E-state index is 0. The fourth-order valence-corrected chi connectivity index (χ4v) is 0.508. The summed E-state index contributed by atoms with van der Waals surface area (Å²) in [5, 5.41) is 0. The first-order valence-corrected chi connectivity index (χ1v) is 4.22. The lowest BCUT2D eigenvalue weighted by Gasteiger charge is -1.68. The molecule has 1 fully saturated rings. The van der Waals surface area contributed by atoms with Gasteiger partial charge >= 0.3 is 0 Å². The quantitative estimate of drug-likeness (QED) is 0.519. The van der Waals surface area contributed by atoms with Gasteiger partial charge in [-0.1, -0.05) is 55.4 Å². The second-order valence-corrected chi connectivity index (χ2v) is 3.19. The van der Waals surface area contributed by atoms with Crippen molar-refractivity contribution in [2.75, 3.05) is 0 Å². The third-order valence-electron chi connectivity index (χ3n) is 2.01. The van der Waals surface area contributed by atoms with E-state index in [-0.39, 0.29) is 14.9 Å². The molecule has 11 heavy (non-hydrogen) atoms. The molecule has 0 saturated heterocycles. The second-order valence-electron chi connectivity index (χ2n) is 3.19. The molecule has 1 saturated carbocycles. The molecule has 0 aromatic heterocycles. The van der Waals surface area contributed by atoms with E-state index in [4.69, 9.17) is 0 Å². The fourth-order valence-electron chi connectivity index (χ4n) is 0.508. The van der Waals surface area contributed by atoms with Gasteiger partial charge < -0.3 is 0 Å². The third kappa shape index (κ3) is 13.1. The number of hydrogen-bond acceptors (Lipinski definition) is 0. The number of hydrogen-bond donors (Lipinski definition) is 0. The average molecular weight is 160 g/mol. The highest BCUT2D eigenvalue weighted by atomic mass is 14.3. The average Bonchev–Trinajstić information content (AvgIpc) is 2.47. The van der Waals surface area contributed by atoms with E-state index in [1.54, 1.807) is 0 Å². The Morgan fingerprint density at radius 2 is 1.09 bits per heavy atom. The molecule has 0 aromatic carbocycles.